The Morgan fingerprint density at radius 1 is 1.10 bits per heavy atom. The quantitative estimate of drug-likeness (QED) is 0.619. The number of nitrogens with one attached hydrogen (secondary N) is 1. The first-order valence-corrected chi connectivity index (χ1v) is 4.36. The summed E-state index contributed by atoms with van der Waals surface area (Å²) < 4.78 is 0. The first kappa shape index (κ1) is 8.06. The molecule has 1 heteroatoms. The number of rotatable bonds is 2. The zero-order valence-electron chi connectivity index (χ0n) is 7.52. The topological polar surface area (TPSA) is 12.0 Å². The second-order valence-corrected chi connectivity index (χ2v) is 4.09. The van der Waals surface area contributed by atoms with Gasteiger partial charge >= 0.3 is 0 Å². The average molecular weight is 141 g/mol. The Balaban J connectivity index is 2.36. The van der Waals surface area contributed by atoms with E-state index in [1.54, 1.807) is 0 Å². The van der Waals surface area contributed by atoms with Gasteiger partial charge in [0.15, 0.2) is 0 Å². The van der Waals surface area contributed by atoms with Gasteiger partial charge in [-0.05, 0) is 24.3 Å². The molecule has 0 spiro atoms. The molecule has 1 heterocycles. The molecule has 2 atom stereocenters. The molecule has 1 aliphatic rings. The van der Waals surface area contributed by atoms with E-state index in [2.05, 4.69) is 33.0 Å². The van der Waals surface area contributed by atoms with E-state index in [0.717, 1.165) is 23.8 Å². The summed E-state index contributed by atoms with van der Waals surface area (Å²) in [4.78, 5) is 0. The Kier molecular flexibility index (Phi) is 2.35. The largest absolute Gasteiger partial charge is 0.313 e. The Labute approximate surface area is 64.2 Å². The molecule has 0 saturated carbocycles. The van der Waals surface area contributed by atoms with E-state index in [1.165, 1.54) is 6.54 Å². The molecule has 0 unspecified atom stereocenters. The maximum atomic E-state index is 3.48. The zero-order chi connectivity index (χ0) is 7.72. The van der Waals surface area contributed by atoms with Crippen molar-refractivity contribution >= 4 is 0 Å². The highest BCUT2D eigenvalue weighted by Crippen LogP contribution is 2.26. The summed E-state index contributed by atoms with van der Waals surface area (Å²) >= 11 is 0. The van der Waals surface area contributed by atoms with Gasteiger partial charge in [-0.25, -0.2) is 0 Å². The Bertz CT molecular complexity index is 93.3. The van der Waals surface area contributed by atoms with E-state index in [-0.39, 0.29) is 0 Å². The summed E-state index contributed by atoms with van der Waals surface area (Å²) in [6, 6.07) is 0.792. The lowest BCUT2D eigenvalue weighted by Crippen LogP contribution is -2.57. The van der Waals surface area contributed by atoms with E-state index in [4.69, 9.17) is 0 Å². The third-order valence-electron chi connectivity index (χ3n) is 2.63. The first-order valence-electron chi connectivity index (χ1n) is 4.36. The van der Waals surface area contributed by atoms with Crippen LogP contribution in [-0.4, -0.2) is 12.6 Å². The fraction of sp³-hybridized carbons (Fsp3) is 1.00. The van der Waals surface area contributed by atoms with Crippen molar-refractivity contribution in [3.05, 3.63) is 0 Å². The van der Waals surface area contributed by atoms with Crippen LogP contribution in [0.2, 0.25) is 0 Å². The average Bonchev–Trinajstić information content (AvgIpc) is 1.56. The smallest absolute Gasteiger partial charge is 0.0133 e. The fourth-order valence-electron chi connectivity index (χ4n) is 1.77. The molecule has 1 saturated heterocycles. The van der Waals surface area contributed by atoms with Crippen molar-refractivity contribution in [1.82, 2.24) is 5.32 Å². The normalized spacial score (nSPS) is 33.0. The van der Waals surface area contributed by atoms with Crippen LogP contribution in [0.1, 0.15) is 27.7 Å². The van der Waals surface area contributed by atoms with Gasteiger partial charge in [0.1, 0.15) is 0 Å². The van der Waals surface area contributed by atoms with E-state index < -0.39 is 0 Å². The van der Waals surface area contributed by atoms with Crippen LogP contribution in [0.15, 0.2) is 0 Å². The Morgan fingerprint density at radius 3 is 1.80 bits per heavy atom. The van der Waals surface area contributed by atoms with Gasteiger partial charge < -0.3 is 5.32 Å². The van der Waals surface area contributed by atoms with Crippen LogP contribution in [0.25, 0.3) is 0 Å². The van der Waals surface area contributed by atoms with Crippen molar-refractivity contribution in [2.75, 3.05) is 6.54 Å². The maximum absolute atomic E-state index is 3.48. The third kappa shape index (κ3) is 1.34. The molecule has 60 valence electrons. The standard InChI is InChI=1S/C9H19N/c1-6(2)8-5-10-9(8)7(3)4/h6-10H,5H2,1-4H3/t8-,9-/m0/s1. The molecule has 1 nitrogen and oxygen atoms in total. The van der Waals surface area contributed by atoms with Gasteiger partial charge in [0.05, 0.1) is 0 Å². The van der Waals surface area contributed by atoms with E-state index >= 15 is 0 Å². The highest BCUT2D eigenvalue weighted by Gasteiger charge is 2.34. The van der Waals surface area contributed by atoms with Crippen molar-refractivity contribution in [2.45, 2.75) is 33.7 Å². The monoisotopic (exact) mass is 141 g/mol. The van der Waals surface area contributed by atoms with Crippen molar-refractivity contribution in [1.29, 1.82) is 0 Å². The minimum absolute atomic E-state index is 0.792. The summed E-state index contributed by atoms with van der Waals surface area (Å²) in [6.07, 6.45) is 0. The van der Waals surface area contributed by atoms with Crippen LogP contribution in [0, 0.1) is 17.8 Å². The van der Waals surface area contributed by atoms with Crippen LogP contribution in [0.5, 0.6) is 0 Å². The van der Waals surface area contributed by atoms with Crippen molar-refractivity contribution in [3.8, 4) is 0 Å². The molecular formula is C9H19N. The molecular weight excluding hydrogens is 122 g/mol. The fourth-order valence-corrected chi connectivity index (χ4v) is 1.77. The van der Waals surface area contributed by atoms with E-state index in [1.807, 2.05) is 0 Å². The van der Waals surface area contributed by atoms with Crippen LogP contribution >= 0.6 is 0 Å². The van der Waals surface area contributed by atoms with Crippen LogP contribution < -0.4 is 5.32 Å². The molecule has 0 radical (unpaired) electrons. The summed E-state index contributed by atoms with van der Waals surface area (Å²) in [5.74, 6) is 2.59. The molecule has 0 aliphatic carbocycles. The van der Waals surface area contributed by atoms with Gasteiger partial charge in [-0.3, -0.25) is 0 Å². The minimum atomic E-state index is 0.792. The molecule has 1 fully saturated rings. The van der Waals surface area contributed by atoms with Gasteiger partial charge in [-0.1, -0.05) is 27.7 Å². The molecule has 0 aromatic heterocycles. The molecule has 0 aromatic rings. The number of hydrogen-bond acceptors (Lipinski definition) is 1. The second-order valence-electron chi connectivity index (χ2n) is 4.09. The van der Waals surface area contributed by atoms with Crippen molar-refractivity contribution < 1.29 is 0 Å². The highest BCUT2D eigenvalue weighted by atomic mass is 15.0. The highest BCUT2D eigenvalue weighted by molar-refractivity contribution is 4.91. The van der Waals surface area contributed by atoms with Gasteiger partial charge in [-0.2, -0.15) is 0 Å². The second kappa shape index (κ2) is 2.91. The first-order chi connectivity index (χ1) is 4.63. The molecule has 10 heavy (non-hydrogen) atoms. The molecule has 0 aromatic carbocycles. The molecule has 0 bridgehead atoms. The maximum Gasteiger partial charge on any atom is 0.0133 e. The summed E-state index contributed by atoms with van der Waals surface area (Å²) in [5, 5.41) is 3.48. The van der Waals surface area contributed by atoms with Crippen LogP contribution in [0.4, 0.5) is 0 Å². The van der Waals surface area contributed by atoms with Gasteiger partial charge in [0.25, 0.3) is 0 Å². The molecule has 1 aliphatic heterocycles. The Hall–Kier alpha value is -0.0400. The summed E-state index contributed by atoms with van der Waals surface area (Å²) in [7, 11) is 0. The van der Waals surface area contributed by atoms with Gasteiger partial charge in [0, 0.05) is 6.04 Å². The SMILES string of the molecule is CC(C)[C@@H]1CN[C@H]1C(C)C. The zero-order valence-corrected chi connectivity index (χ0v) is 7.52. The molecule has 1 rings (SSSR count). The van der Waals surface area contributed by atoms with Gasteiger partial charge in [0.2, 0.25) is 0 Å². The lowest BCUT2D eigenvalue weighted by Gasteiger charge is -2.43. The predicted molar refractivity (Wildman–Crippen MR) is 45.0 cm³/mol. The van der Waals surface area contributed by atoms with Crippen LogP contribution in [-0.2, 0) is 0 Å². The van der Waals surface area contributed by atoms with Crippen molar-refractivity contribution in [3.63, 3.8) is 0 Å². The molecule has 1 N–H and O–H groups in total. The van der Waals surface area contributed by atoms with Gasteiger partial charge in [-0.15, -0.1) is 0 Å². The third-order valence-corrected chi connectivity index (χ3v) is 2.63. The van der Waals surface area contributed by atoms with E-state index in [9.17, 15) is 0 Å². The van der Waals surface area contributed by atoms with Crippen LogP contribution in [0.3, 0.4) is 0 Å². The number of hydrogen-bond donors (Lipinski definition) is 1. The molecule has 0 amide bonds. The predicted octanol–water partition coefficient (Wildman–Crippen LogP) is 1.89. The van der Waals surface area contributed by atoms with Crippen molar-refractivity contribution in [2.24, 2.45) is 17.8 Å². The Morgan fingerprint density at radius 2 is 1.70 bits per heavy atom. The minimum Gasteiger partial charge on any atom is -0.313 e. The summed E-state index contributed by atoms with van der Waals surface area (Å²) in [6.45, 7) is 10.5. The summed E-state index contributed by atoms with van der Waals surface area (Å²) in [5.41, 5.74) is 0. The lowest BCUT2D eigenvalue weighted by atomic mass is 9.77. The van der Waals surface area contributed by atoms with E-state index in [0.29, 0.717) is 0 Å². The lowest BCUT2D eigenvalue weighted by molar-refractivity contribution is 0.131.